The first kappa shape index (κ1) is 27.1. The summed E-state index contributed by atoms with van der Waals surface area (Å²) in [4.78, 5) is 51.3. The number of carboxylic acid groups (broad SMARTS) is 1. The van der Waals surface area contributed by atoms with Gasteiger partial charge in [-0.05, 0) is 38.3 Å². The van der Waals surface area contributed by atoms with Crippen molar-refractivity contribution in [3.05, 3.63) is 64.9 Å². The maximum atomic E-state index is 13.2. The van der Waals surface area contributed by atoms with Gasteiger partial charge in [-0.25, -0.2) is 9.59 Å². The molecule has 2 amide bonds. The molecule has 1 saturated carbocycles. The maximum absolute atomic E-state index is 13.2. The minimum atomic E-state index is -1.48. The number of carboxylic acids is 1. The van der Waals surface area contributed by atoms with Crippen LogP contribution < -0.4 is 9.88 Å². The fraction of sp³-hybridized carbons (Fsp3) is 0.400. The van der Waals surface area contributed by atoms with Crippen LogP contribution in [0, 0.1) is 0 Å². The molecule has 0 radical (unpaired) electrons. The molecule has 0 bridgehead atoms. The van der Waals surface area contributed by atoms with Crippen molar-refractivity contribution in [1.82, 2.24) is 10.2 Å². The zero-order valence-electron chi connectivity index (χ0n) is 20.0. The lowest BCUT2D eigenvalue weighted by atomic mass is 9.74. The molecule has 10 nitrogen and oxygen atoms in total. The van der Waals surface area contributed by atoms with Gasteiger partial charge in [0.2, 0.25) is 0 Å². The highest BCUT2D eigenvalue weighted by atomic mass is 35.5. The van der Waals surface area contributed by atoms with Gasteiger partial charge in [0.15, 0.2) is 24.2 Å². The number of hydrogen-bond acceptors (Lipinski definition) is 6. The molecule has 0 aliphatic heterocycles. The molecule has 2 aromatic rings. The zero-order valence-corrected chi connectivity index (χ0v) is 20.8. The van der Waals surface area contributed by atoms with E-state index in [9.17, 15) is 24.3 Å². The summed E-state index contributed by atoms with van der Waals surface area (Å²) >= 11 is 6.43. The van der Waals surface area contributed by atoms with E-state index < -0.39 is 35.7 Å². The van der Waals surface area contributed by atoms with Crippen molar-refractivity contribution in [3.63, 3.8) is 0 Å². The SMILES string of the molecule is C[C@@H](O)[C@H](NC(=O)c1ccc[n+](COC(=O)N(C)C2(c3ccccc3Cl)CCCCC2=O)c1)C(=O)O. The number of amides is 2. The van der Waals surface area contributed by atoms with E-state index in [0.717, 1.165) is 12.8 Å². The fourth-order valence-corrected chi connectivity index (χ4v) is 4.65. The average molecular weight is 519 g/mol. The number of rotatable bonds is 8. The van der Waals surface area contributed by atoms with E-state index in [2.05, 4.69) is 5.32 Å². The minimum Gasteiger partial charge on any atom is -0.480 e. The van der Waals surface area contributed by atoms with Crippen LogP contribution in [0.2, 0.25) is 5.02 Å². The topological polar surface area (TPSA) is 137 Å². The van der Waals surface area contributed by atoms with Crippen molar-refractivity contribution >= 4 is 35.4 Å². The smallest absolute Gasteiger partial charge is 0.415 e. The third kappa shape index (κ3) is 5.66. The Hall–Kier alpha value is -3.50. The van der Waals surface area contributed by atoms with Gasteiger partial charge in [-0.2, -0.15) is 4.57 Å². The Morgan fingerprint density at radius 2 is 1.94 bits per heavy atom. The van der Waals surface area contributed by atoms with Gasteiger partial charge in [-0.1, -0.05) is 29.8 Å². The Labute approximate surface area is 213 Å². The van der Waals surface area contributed by atoms with Crippen LogP contribution in [0.5, 0.6) is 0 Å². The molecule has 1 heterocycles. The number of aliphatic hydroxyl groups excluding tert-OH is 1. The highest BCUT2D eigenvalue weighted by Crippen LogP contribution is 2.42. The normalized spacial score (nSPS) is 19.2. The maximum Gasteiger partial charge on any atom is 0.415 e. The number of ketones is 1. The van der Waals surface area contributed by atoms with Gasteiger partial charge in [-0.15, -0.1) is 0 Å². The van der Waals surface area contributed by atoms with Gasteiger partial charge in [0.1, 0.15) is 11.1 Å². The standard InChI is InChI=1S/C25H28ClN3O7/c1-16(30)21(23(33)34)27-22(32)17-8-7-13-29(14-17)15-36-24(35)28(2)25(12-6-5-11-20(25)31)18-9-3-4-10-19(18)26/h3-4,7-10,13-14,16,21,30H,5-6,11-12,15H2,1-2H3,(H-,27,32,33,34)/p+1/t16-,21+,25?/m1/s1. The number of Topliss-reactive ketones (excluding diaryl/α,β-unsaturated/α-hetero) is 1. The average Bonchev–Trinajstić information content (AvgIpc) is 2.86. The third-order valence-electron chi connectivity index (χ3n) is 6.31. The van der Waals surface area contributed by atoms with Crippen LogP contribution in [0.1, 0.15) is 48.5 Å². The fourth-order valence-electron chi connectivity index (χ4n) is 4.36. The van der Waals surface area contributed by atoms with E-state index >= 15 is 0 Å². The largest absolute Gasteiger partial charge is 0.480 e. The quantitative estimate of drug-likeness (QED) is 0.456. The molecule has 3 rings (SSSR count). The highest BCUT2D eigenvalue weighted by Gasteiger charge is 2.48. The summed E-state index contributed by atoms with van der Waals surface area (Å²) in [7, 11) is 1.51. The molecule has 3 N–H and O–H groups in total. The first-order chi connectivity index (χ1) is 17.1. The molecule has 1 fully saturated rings. The van der Waals surface area contributed by atoms with E-state index in [0.29, 0.717) is 23.4 Å². The van der Waals surface area contributed by atoms with Crippen LogP contribution in [0.4, 0.5) is 4.79 Å². The number of pyridine rings is 1. The predicted octanol–water partition coefficient (Wildman–Crippen LogP) is 2.26. The second kappa shape index (κ2) is 11.5. The minimum absolute atomic E-state index is 0.101. The van der Waals surface area contributed by atoms with Gasteiger partial charge in [0.05, 0.1) is 6.10 Å². The molecular weight excluding hydrogens is 490 g/mol. The first-order valence-electron chi connectivity index (χ1n) is 11.5. The molecule has 1 aliphatic rings. The van der Waals surface area contributed by atoms with Crippen LogP contribution in [0.3, 0.4) is 0 Å². The molecule has 1 aromatic heterocycles. The van der Waals surface area contributed by atoms with Crippen molar-refractivity contribution in [2.75, 3.05) is 7.05 Å². The molecule has 36 heavy (non-hydrogen) atoms. The first-order valence-corrected chi connectivity index (χ1v) is 11.9. The Morgan fingerprint density at radius 1 is 1.22 bits per heavy atom. The monoisotopic (exact) mass is 518 g/mol. The zero-order chi connectivity index (χ0) is 26.5. The van der Waals surface area contributed by atoms with E-state index in [1.807, 2.05) is 0 Å². The Kier molecular flexibility index (Phi) is 8.65. The second-order valence-corrected chi connectivity index (χ2v) is 9.11. The summed E-state index contributed by atoms with van der Waals surface area (Å²) in [5.74, 6) is -2.20. The van der Waals surface area contributed by atoms with Crippen LogP contribution in [0.25, 0.3) is 0 Å². The van der Waals surface area contributed by atoms with Crippen LogP contribution in [-0.4, -0.2) is 58.1 Å². The van der Waals surface area contributed by atoms with Crippen molar-refractivity contribution in [2.45, 2.75) is 57.0 Å². The van der Waals surface area contributed by atoms with Gasteiger partial charge in [-0.3, -0.25) is 14.5 Å². The number of aliphatic hydroxyl groups is 1. The number of likely N-dealkylation sites (N-methyl/N-ethyl adjacent to an activating group) is 1. The molecule has 3 atom stereocenters. The number of benzene rings is 1. The summed E-state index contributed by atoms with van der Waals surface area (Å²) in [6.07, 6.45) is 3.10. The summed E-state index contributed by atoms with van der Waals surface area (Å²) < 4.78 is 6.88. The Balaban J connectivity index is 1.76. The number of nitrogens with one attached hydrogen (secondary N) is 1. The number of aromatic nitrogens is 1. The van der Waals surface area contributed by atoms with Crippen molar-refractivity contribution in [3.8, 4) is 0 Å². The van der Waals surface area contributed by atoms with Gasteiger partial charge >= 0.3 is 12.1 Å². The lowest BCUT2D eigenvalue weighted by molar-refractivity contribution is -0.727. The molecule has 1 unspecified atom stereocenters. The molecular formula is C25H29ClN3O7+. The summed E-state index contributed by atoms with van der Waals surface area (Å²) in [6.45, 7) is 0.989. The molecule has 192 valence electrons. The van der Waals surface area contributed by atoms with E-state index in [1.165, 1.54) is 41.8 Å². The lowest BCUT2D eigenvalue weighted by Crippen LogP contribution is -2.55. The molecule has 11 heteroatoms. The van der Waals surface area contributed by atoms with Crippen LogP contribution in [0.15, 0.2) is 48.8 Å². The third-order valence-corrected chi connectivity index (χ3v) is 6.64. The van der Waals surface area contributed by atoms with E-state index in [1.54, 1.807) is 30.5 Å². The predicted molar refractivity (Wildman–Crippen MR) is 128 cm³/mol. The number of carbonyl (C=O) groups is 4. The highest BCUT2D eigenvalue weighted by molar-refractivity contribution is 6.31. The number of nitrogens with zero attached hydrogens (tertiary/aromatic N) is 2. The van der Waals surface area contributed by atoms with Gasteiger partial charge in [0, 0.05) is 30.1 Å². The number of carbonyl (C=O) groups excluding carboxylic acids is 3. The second-order valence-electron chi connectivity index (χ2n) is 8.71. The van der Waals surface area contributed by atoms with E-state index in [4.69, 9.17) is 21.4 Å². The van der Waals surface area contributed by atoms with Crippen molar-refractivity contribution in [2.24, 2.45) is 0 Å². The molecule has 0 spiro atoms. The number of hydrogen-bond donors (Lipinski definition) is 3. The summed E-state index contributed by atoms with van der Waals surface area (Å²) in [5.41, 5.74) is -0.593. The summed E-state index contributed by atoms with van der Waals surface area (Å²) in [5, 5.41) is 21.4. The van der Waals surface area contributed by atoms with Crippen LogP contribution in [-0.2, 0) is 26.6 Å². The number of halogens is 1. The van der Waals surface area contributed by atoms with Gasteiger partial charge in [0.25, 0.3) is 12.6 Å². The van der Waals surface area contributed by atoms with Gasteiger partial charge < -0.3 is 20.3 Å². The van der Waals surface area contributed by atoms with E-state index in [-0.39, 0.29) is 18.1 Å². The van der Waals surface area contributed by atoms with Crippen molar-refractivity contribution < 1.29 is 38.7 Å². The van der Waals surface area contributed by atoms with Crippen molar-refractivity contribution in [1.29, 1.82) is 0 Å². The number of ether oxygens (including phenoxy) is 1. The summed E-state index contributed by atoms with van der Waals surface area (Å²) in [6, 6.07) is 8.44. The number of aliphatic carboxylic acids is 1. The molecule has 0 saturated heterocycles. The Bertz CT molecular complexity index is 1160. The molecule has 1 aromatic carbocycles. The lowest BCUT2D eigenvalue weighted by Gasteiger charge is -2.43. The molecule has 1 aliphatic carbocycles. The van der Waals surface area contributed by atoms with Crippen LogP contribution >= 0.6 is 11.6 Å². The Morgan fingerprint density at radius 3 is 2.58 bits per heavy atom.